The van der Waals surface area contributed by atoms with Gasteiger partial charge < -0.3 is 48.7 Å². The van der Waals surface area contributed by atoms with Crippen LogP contribution in [0.5, 0.6) is 0 Å². The van der Waals surface area contributed by atoms with Crippen molar-refractivity contribution in [2.24, 2.45) is 22.2 Å². The minimum Gasteiger partial charge on any atom is -0.401 e. The molecule has 3 aromatic rings. The third kappa shape index (κ3) is 14.5. The number of anilines is 1. The number of hydrogen-bond donors (Lipinski definition) is 8. The van der Waals surface area contributed by atoms with Gasteiger partial charge in [-0.1, -0.05) is 92.7 Å². The first-order chi connectivity index (χ1) is 30.6. The maximum Gasteiger partial charge on any atom is 0.246 e. The van der Waals surface area contributed by atoms with Gasteiger partial charge in [0.05, 0.1) is 6.54 Å². The van der Waals surface area contributed by atoms with Gasteiger partial charge in [-0.25, -0.2) is 0 Å². The molecule has 5 amide bonds. The molecule has 15 heteroatoms. The fraction of sp³-hybridized carbons (Fsp3) is 0.429. The minimum absolute atomic E-state index is 0.0107. The molecule has 0 aliphatic heterocycles. The van der Waals surface area contributed by atoms with Crippen LogP contribution in [0.4, 0.5) is 5.69 Å². The summed E-state index contributed by atoms with van der Waals surface area (Å²) in [7, 11) is 3.94. The number of benzene rings is 3. The molecule has 0 radical (unpaired) electrons. The molecule has 0 heterocycles. The fourth-order valence-corrected chi connectivity index (χ4v) is 8.01. The lowest BCUT2D eigenvalue weighted by Gasteiger charge is -2.39. The third-order valence-electron chi connectivity index (χ3n) is 11.5. The average Bonchev–Trinajstić information content (AvgIpc) is 3.26. The van der Waals surface area contributed by atoms with Gasteiger partial charge in [-0.05, 0) is 85.4 Å². The standard InChI is InChI=1S/C49H68N10O5/c1-7-9-24-43(60)58-49(26-25-38-36(30-49)20-15-23-42(38)59(5)6)47(64)57-40(28-34-18-11-10-12-19-34)46(63)55-39(22-16-27-53-48(51)52)45(62)56-41(44(61)54-31-33(4)50)29-35(8-2)37-21-14-13-17-32(37)3/h8,10-15,17-21,23,39-41H,4,7,9,16,22,24-31,50H2,1-3,5-6H3,(H,54,61)(H,55,63)(H,56,62)(H,57,64)(H,58,60)(H4,51,52,53)/b35-8-/t39-,40+,41-,49?/m0/s1. The molecule has 0 aromatic heterocycles. The van der Waals surface area contributed by atoms with Crippen molar-refractivity contribution in [1.29, 1.82) is 0 Å². The highest BCUT2D eigenvalue weighted by Gasteiger charge is 2.44. The number of carbonyl (C=O) groups is 5. The molecule has 4 rings (SSSR count). The molecule has 0 bridgehead atoms. The highest BCUT2D eigenvalue weighted by molar-refractivity contribution is 5.98. The number of unbranched alkanes of at least 4 members (excludes halogenated alkanes) is 1. The lowest BCUT2D eigenvalue weighted by Crippen LogP contribution is -2.65. The van der Waals surface area contributed by atoms with Crippen LogP contribution in [-0.4, -0.2) is 86.3 Å². The van der Waals surface area contributed by atoms with Crippen LogP contribution in [-0.2, 0) is 43.2 Å². The van der Waals surface area contributed by atoms with Gasteiger partial charge in [0, 0.05) is 57.7 Å². The van der Waals surface area contributed by atoms with Gasteiger partial charge in [0.15, 0.2) is 5.96 Å². The van der Waals surface area contributed by atoms with Crippen molar-refractivity contribution in [2.75, 3.05) is 32.1 Å². The number of amides is 5. The van der Waals surface area contributed by atoms with Gasteiger partial charge in [0.2, 0.25) is 29.5 Å². The van der Waals surface area contributed by atoms with Crippen molar-refractivity contribution < 1.29 is 24.0 Å². The number of rotatable bonds is 23. The Balaban J connectivity index is 1.69. The van der Waals surface area contributed by atoms with Gasteiger partial charge in [-0.3, -0.25) is 29.0 Å². The Morgan fingerprint density at radius 3 is 2.20 bits per heavy atom. The SMILES string of the molecule is C=C(N)CNC(=O)[C@H](C/C(=C/C)c1ccccc1C)NC(=O)[C@H](CCCN=C(N)N)NC(=O)[C@@H](Cc1ccccc1)NC(=O)C1(NC(=O)CCCC)CCc2c(cccc2N(C)C)C1. The maximum atomic E-state index is 14.9. The van der Waals surface area contributed by atoms with Gasteiger partial charge in [0.1, 0.15) is 23.7 Å². The van der Waals surface area contributed by atoms with Crippen LogP contribution in [0.15, 0.2) is 96.1 Å². The molecule has 0 fully saturated rings. The topological polar surface area (TPSA) is 239 Å². The number of hydrogen-bond acceptors (Lipinski definition) is 8. The molecule has 4 atom stereocenters. The fourth-order valence-electron chi connectivity index (χ4n) is 8.01. The van der Waals surface area contributed by atoms with Crippen molar-refractivity contribution in [2.45, 2.75) is 109 Å². The van der Waals surface area contributed by atoms with E-state index in [0.29, 0.717) is 25.7 Å². The summed E-state index contributed by atoms with van der Waals surface area (Å²) in [6, 6.07) is 19.5. The van der Waals surface area contributed by atoms with Crippen LogP contribution in [0.3, 0.4) is 0 Å². The van der Waals surface area contributed by atoms with Crippen molar-refractivity contribution in [1.82, 2.24) is 26.6 Å². The first-order valence-electron chi connectivity index (χ1n) is 22.1. The lowest BCUT2D eigenvalue weighted by molar-refractivity contribution is -0.137. The van der Waals surface area contributed by atoms with Crippen LogP contribution in [0, 0.1) is 6.92 Å². The molecule has 0 saturated carbocycles. The molecule has 1 unspecified atom stereocenters. The Morgan fingerprint density at radius 2 is 1.55 bits per heavy atom. The highest BCUT2D eigenvalue weighted by atomic mass is 16.2. The molecule has 344 valence electrons. The largest absolute Gasteiger partial charge is 0.401 e. The number of nitrogens with one attached hydrogen (secondary N) is 5. The molecule has 64 heavy (non-hydrogen) atoms. The molecule has 15 nitrogen and oxygen atoms in total. The number of nitrogens with zero attached hydrogens (tertiary/aromatic N) is 2. The first kappa shape index (κ1) is 50.0. The van der Waals surface area contributed by atoms with E-state index in [0.717, 1.165) is 45.5 Å². The second-order valence-corrected chi connectivity index (χ2v) is 16.7. The van der Waals surface area contributed by atoms with Crippen molar-refractivity contribution in [3.63, 3.8) is 0 Å². The zero-order chi connectivity index (χ0) is 46.8. The Labute approximate surface area is 378 Å². The number of guanidine groups is 1. The summed E-state index contributed by atoms with van der Waals surface area (Å²) < 4.78 is 0. The summed E-state index contributed by atoms with van der Waals surface area (Å²) in [4.78, 5) is 77.3. The van der Waals surface area contributed by atoms with E-state index >= 15 is 0 Å². The van der Waals surface area contributed by atoms with Crippen LogP contribution in [0.1, 0.15) is 86.6 Å². The molecule has 1 aliphatic carbocycles. The van der Waals surface area contributed by atoms with Crippen LogP contribution in [0.25, 0.3) is 5.57 Å². The average molecular weight is 877 g/mol. The molecule has 1 aliphatic rings. The van der Waals surface area contributed by atoms with Crippen molar-refractivity contribution in [3.8, 4) is 0 Å². The molecule has 11 N–H and O–H groups in total. The van der Waals surface area contributed by atoms with Gasteiger partial charge in [-0.2, -0.15) is 0 Å². The van der Waals surface area contributed by atoms with E-state index in [9.17, 15) is 24.0 Å². The van der Waals surface area contributed by atoms with E-state index in [1.54, 1.807) is 0 Å². The van der Waals surface area contributed by atoms with Gasteiger partial charge >= 0.3 is 0 Å². The van der Waals surface area contributed by atoms with Crippen LogP contribution < -0.4 is 48.7 Å². The van der Waals surface area contributed by atoms with E-state index in [2.05, 4.69) is 38.2 Å². The van der Waals surface area contributed by atoms with E-state index in [4.69, 9.17) is 17.2 Å². The Morgan fingerprint density at radius 1 is 0.859 bits per heavy atom. The summed E-state index contributed by atoms with van der Waals surface area (Å²) in [6.45, 7) is 9.66. The monoisotopic (exact) mass is 877 g/mol. The smallest absolute Gasteiger partial charge is 0.246 e. The van der Waals surface area contributed by atoms with Gasteiger partial charge in [0.25, 0.3) is 0 Å². The van der Waals surface area contributed by atoms with E-state index in [1.165, 1.54) is 0 Å². The summed E-state index contributed by atoms with van der Waals surface area (Å²) >= 11 is 0. The van der Waals surface area contributed by atoms with E-state index < -0.39 is 47.3 Å². The number of fused-ring (bicyclic) bond motifs is 1. The van der Waals surface area contributed by atoms with Crippen molar-refractivity contribution in [3.05, 3.63) is 119 Å². The predicted octanol–water partition coefficient (Wildman–Crippen LogP) is 3.43. The normalized spacial score (nSPS) is 15.9. The summed E-state index contributed by atoms with van der Waals surface area (Å²) in [5, 5.41) is 14.7. The molecule has 3 aromatic carbocycles. The summed E-state index contributed by atoms with van der Waals surface area (Å²) in [5.41, 5.74) is 22.4. The number of carbonyl (C=O) groups excluding carboxylic acids is 5. The predicted molar refractivity (Wildman–Crippen MR) is 255 cm³/mol. The zero-order valence-corrected chi connectivity index (χ0v) is 38.1. The Hall–Kier alpha value is -6.64. The van der Waals surface area contributed by atoms with Crippen LogP contribution in [0.2, 0.25) is 0 Å². The van der Waals surface area contributed by atoms with E-state index in [-0.39, 0.29) is 62.8 Å². The molecule has 0 spiro atoms. The highest BCUT2D eigenvalue weighted by Crippen LogP contribution is 2.35. The summed E-state index contributed by atoms with van der Waals surface area (Å²) in [5.74, 6) is -2.63. The second kappa shape index (κ2) is 24.3. The maximum absolute atomic E-state index is 14.9. The number of aliphatic imine (C=N–C) groups is 1. The molecule has 0 saturated heterocycles. The third-order valence-corrected chi connectivity index (χ3v) is 11.5. The first-order valence-corrected chi connectivity index (χ1v) is 22.1. The Bertz CT molecular complexity index is 2170. The second-order valence-electron chi connectivity index (χ2n) is 16.7. The number of allylic oxidation sites excluding steroid dienone is 1. The number of nitrogens with two attached hydrogens (primary N) is 3. The quantitative estimate of drug-likeness (QED) is 0.0395. The number of aryl methyl sites for hydroxylation is 1. The van der Waals surface area contributed by atoms with Crippen molar-refractivity contribution >= 4 is 46.8 Å². The minimum atomic E-state index is -1.36. The Kier molecular flexibility index (Phi) is 19.0. The molecular weight excluding hydrogens is 809 g/mol. The van der Waals surface area contributed by atoms with Gasteiger partial charge in [-0.15, -0.1) is 0 Å². The van der Waals surface area contributed by atoms with E-state index in [1.807, 2.05) is 119 Å². The zero-order valence-electron chi connectivity index (χ0n) is 38.1. The summed E-state index contributed by atoms with van der Waals surface area (Å²) in [6.07, 6.45) is 5.25. The van der Waals surface area contributed by atoms with Crippen LogP contribution >= 0.6 is 0 Å². The molecular formula is C49H68N10O5. The lowest BCUT2D eigenvalue weighted by atomic mass is 9.76.